The Morgan fingerprint density at radius 3 is 2.05 bits per heavy atom. The Kier molecular flexibility index (Phi) is 4.09. The van der Waals surface area contributed by atoms with Gasteiger partial charge in [0.05, 0.1) is 0 Å². The predicted octanol–water partition coefficient (Wildman–Crippen LogP) is 2.01. The fourth-order valence-corrected chi connectivity index (χ4v) is 2.01. The molecule has 1 amide bonds. The molecule has 2 aromatic rings. The highest BCUT2D eigenvalue weighted by Gasteiger charge is 2.15. The fourth-order valence-electron chi connectivity index (χ4n) is 1.88. The van der Waals surface area contributed by atoms with Gasteiger partial charge in [0.15, 0.2) is 0 Å². The van der Waals surface area contributed by atoms with E-state index in [1.165, 1.54) is 17.0 Å². The van der Waals surface area contributed by atoms with Gasteiger partial charge in [-0.15, -0.1) is 0 Å². The Hall–Kier alpha value is -2.60. The summed E-state index contributed by atoms with van der Waals surface area (Å²) in [5.74, 6) is -0.699. The van der Waals surface area contributed by atoms with Crippen molar-refractivity contribution < 1.29 is 15.0 Å². The molecule has 0 fully saturated rings. The molecule has 4 N–H and O–H groups in total. The van der Waals surface area contributed by atoms with Crippen molar-refractivity contribution in [2.24, 2.45) is 5.73 Å². The standard InChI is InChI=1S/C15H14N2O3S/c1-17(11-4-2-9(3-5-11)14(16)21)15(20)10-6-12(18)8-13(19)7-10/h2-8,18-19H,1H3,(H2,16,21). The molecule has 0 saturated heterocycles. The molecule has 0 aliphatic rings. The highest BCUT2D eigenvalue weighted by atomic mass is 32.1. The van der Waals surface area contributed by atoms with Crippen molar-refractivity contribution in [1.82, 2.24) is 0 Å². The minimum atomic E-state index is -0.357. The average molecular weight is 302 g/mol. The van der Waals surface area contributed by atoms with Crippen LogP contribution in [0, 0.1) is 0 Å². The molecule has 0 bridgehead atoms. The van der Waals surface area contributed by atoms with E-state index in [0.29, 0.717) is 11.3 Å². The van der Waals surface area contributed by atoms with E-state index in [4.69, 9.17) is 18.0 Å². The number of carbonyl (C=O) groups excluding carboxylic acids is 1. The van der Waals surface area contributed by atoms with E-state index in [2.05, 4.69) is 0 Å². The molecule has 5 nitrogen and oxygen atoms in total. The Balaban J connectivity index is 2.28. The van der Waals surface area contributed by atoms with E-state index in [1.54, 1.807) is 31.3 Å². The van der Waals surface area contributed by atoms with E-state index in [-0.39, 0.29) is 28.0 Å². The Morgan fingerprint density at radius 1 is 1.05 bits per heavy atom. The largest absolute Gasteiger partial charge is 0.508 e. The lowest BCUT2D eigenvalue weighted by Gasteiger charge is -2.18. The summed E-state index contributed by atoms with van der Waals surface area (Å²) in [5.41, 5.74) is 7.06. The van der Waals surface area contributed by atoms with Crippen molar-refractivity contribution in [2.45, 2.75) is 0 Å². The number of carbonyl (C=O) groups is 1. The van der Waals surface area contributed by atoms with Gasteiger partial charge in [0.2, 0.25) is 0 Å². The minimum absolute atomic E-state index is 0.171. The zero-order chi connectivity index (χ0) is 15.6. The molecule has 0 aliphatic carbocycles. The van der Waals surface area contributed by atoms with Crippen LogP contribution in [0.4, 0.5) is 5.69 Å². The predicted molar refractivity (Wildman–Crippen MR) is 84.8 cm³/mol. The molecule has 108 valence electrons. The van der Waals surface area contributed by atoms with Crippen LogP contribution in [-0.2, 0) is 0 Å². The van der Waals surface area contributed by atoms with Crippen LogP contribution >= 0.6 is 12.2 Å². The van der Waals surface area contributed by atoms with Crippen LogP contribution in [0.1, 0.15) is 15.9 Å². The topological polar surface area (TPSA) is 86.8 Å². The first-order valence-electron chi connectivity index (χ1n) is 6.09. The number of anilines is 1. The Bertz CT molecular complexity index is 678. The summed E-state index contributed by atoms with van der Waals surface area (Å²) in [4.78, 5) is 14.0. The summed E-state index contributed by atoms with van der Waals surface area (Å²) >= 11 is 4.87. The van der Waals surface area contributed by atoms with Crippen molar-refractivity contribution in [2.75, 3.05) is 11.9 Å². The highest BCUT2D eigenvalue weighted by Crippen LogP contribution is 2.23. The van der Waals surface area contributed by atoms with E-state index >= 15 is 0 Å². The molecule has 0 spiro atoms. The molecular weight excluding hydrogens is 288 g/mol. The number of rotatable bonds is 3. The van der Waals surface area contributed by atoms with E-state index in [1.807, 2.05) is 0 Å². The molecule has 0 unspecified atom stereocenters. The number of benzene rings is 2. The number of amides is 1. The molecule has 0 aliphatic heterocycles. The number of hydrogen-bond acceptors (Lipinski definition) is 4. The summed E-state index contributed by atoms with van der Waals surface area (Å²) in [6.07, 6.45) is 0. The third-order valence-electron chi connectivity index (χ3n) is 2.99. The lowest BCUT2D eigenvalue weighted by molar-refractivity contribution is 0.0992. The van der Waals surface area contributed by atoms with Crippen LogP contribution in [0.3, 0.4) is 0 Å². The average Bonchev–Trinajstić information content (AvgIpc) is 2.44. The van der Waals surface area contributed by atoms with Crippen LogP contribution < -0.4 is 10.6 Å². The van der Waals surface area contributed by atoms with Gasteiger partial charge in [-0.1, -0.05) is 12.2 Å². The second kappa shape index (κ2) is 5.80. The van der Waals surface area contributed by atoms with Gasteiger partial charge in [-0.2, -0.15) is 0 Å². The quantitative estimate of drug-likeness (QED) is 0.755. The van der Waals surface area contributed by atoms with Gasteiger partial charge in [-0.05, 0) is 36.4 Å². The highest BCUT2D eigenvalue weighted by molar-refractivity contribution is 7.80. The number of thiocarbonyl (C=S) groups is 1. The molecule has 0 aromatic heterocycles. The maximum absolute atomic E-state index is 12.3. The molecule has 21 heavy (non-hydrogen) atoms. The van der Waals surface area contributed by atoms with Crippen LogP contribution in [0.25, 0.3) is 0 Å². The molecule has 2 rings (SSSR count). The smallest absolute Gasteiger partial charge is 0.258 e. The second-order valence-electron chi connectivity index (χ2n) is 4.51. The molecule has 0 atom stereocenters. The van der Waals surface area contributed by atoms with Gasteiger partial charge in [-0.3, -0.25) is 4.79 Å². The van der Waals surface area contributed by atoms with Crippen LogP contribution in [-0.4, -0.2) is 28.2 Å². The van der Waals surface area contributed by atoms with Gasteiger partial charge in [-0.25, -0.2) is 0 Å². The third kappa shape index (κ3) is 3.29. The first kappa shape index (κ1) is 14.8. The number of hydrogen-bond donors (Lipinski definition) is 3. The van der Waals surface area contributed by atoms with Gasteiger partial charge >= 0.3 is 0 Å². The lowest BCUT2D eigenvalue weighted by Crippen LogP contribution is -2.26. The second-order valence-corrected chi connectivity index (χ2v) is 4.95. The van der Waals surface area contributed by atoms with E-state index in [9.17, 15) is 15.0 Å². The number of phenolic OH excluding ortho intramolecular Hbond substituents is 2. The van der Waals surface area contributed by atoms with E-state index < -0.39 is 0 Å². The number of nitrogens with two attached hydrogens (primary N) is 1. The fraction of sp³-hybridized carbons (Fsp3) is 0.0667. The minimum Gasteiger partial charge on any atom is -0.508 e. The van der Waals surface area contributed by atoms with Gasteiger partial charge in [0.25, 0.3) is 5.91 Å². The zero-order valence-corrected chi connectivity index (χ0v) is 12.1. The Morgan fingerprint density at radius 2 is 1.57 bits per heavy atom. The normalized spacial score (nSPS) is 10.1. The third-order valence-corrected chi connectivity index (χ3v) is 3.23. The maximum Gasteiger partial charge on any atom is 0.258 e. The molecule has 0 radical (unpaired) electrons. The van der Waals surface area contributed by atoms with Crippen molar-refractivity contribution in [1.29, 1.82) is 0 Å². The monoisotopic (exact) mass is 302 g/mol. The first-order chi connectivity index (χ1) is 9.88. The molecule has 2 aromatic carbocycles. The zero-order valence-electron chi connectivity index (χ0n) is 11.3. The number of phenols is 2. The molecular formula is C15H14N2O3S. The summed E-state index contributed by atoms with van der Waals surface area (Å²) in [6, 6.07) is 10.6. The van der Waals surface area contributed by atoms with Crippen LogP contribution in [0.2, 0.25) is 0 Å². The summed E-state index contributed by atoms with van der Waals surface area (Å²) in [5, 5.41) is 18.9. The Labute approximate surface area is 127 Å². The summed E-state index contributed by atoms with van der Waals surface area (Å²) in [6.45, 7) is 0. The van der Waals surface area contributed by atoms with Crippen molar-refractivity contribution >= 4 is 28.8 Å². The molecule has 6 heteroatoms. The summed E-state index contributed by atoms with van der Waals surface area (Å²) in [7, 11) is 1.60. The SMILES string of the molecule is CN(C(=O)c1cc(O)cc(O)c1)c1ccc(C(N)=S)cc1. The van der Waals surface area contributed by atoms with Crippen LogP contribution in [0.5, 0.6) is 11.5 Å². The molecule has 0 saturated carbocycles. The number of aromatic hydroxyl groups is 2. The van der Waals surface area contributed by atoms with Crippen LogP contribution in [0.15, 0.2) is 42.5 Å². The van der Waals surface area contributed by atoms with Crippen molar-refractivity contribution in [3.8, 4) is 11.5 Å². The van der Waals surface area contributed by atoms with Gasteiger partial charge in [0.1, 0.15) is 16.5 Å². The maximum atomic E-state index is 12.3. The van der Waals surface area contributed by atoms with Gasteiger partial charge < -0.3 is 20.8 Å². The first-order valence-corrected chi connectivity index (χ1v) is 6.50. The van der Waals surface area contributed by atoms with Crippen molar-refractivity contribution in [3.63, 3.8) is 0 Å². The van der Waals surface area contributed by atoms with Crippen molar-refractivity contribution in [3.05, 3.63) is 53.6 Å². The summed E-state index contributed by atoms with van der Waals surface area (Å²) < 4.78 is 0. The van der Waals surface area contributed by atoms with E-state index in [0.717, 1.165) is 6.07 Å². The van der Waals surface area contributed by atoms with Gasteiger partial charge in [0, 0.05) is 29.9 Å². The lowest BCUT2D eigenvalue weighted by atomic mass is 10.1. The molecule has 0 heterocycles. The number of nitrogens with zero attached hydrogens (tertiary/aromatic N) is 1.